The van der Waals surface area contributed by atoms with Crippen molar-refractivity contribution in [2.45, 2.75) is 43.0 Å². The molecule has 4 rings (SSSR count). The van der Waals surface area contributed by atoms with Gasteiger partial charge in [-0.2, -0.15) is 0 Å². The summed E-state index contributed by atoms with van der Waals surface area (Å²) < 4.78 is 34.5. The Morgan fingerprint density at radius 3 is 2.26 bits per heavy atom. The number of nitrogens with zero attached hydrogens (tertiary/aromatic N) is 1. The van der Waals surface area contributed by atoms with Crippen molar-refractivity contribution in [3.63, 3.8) is 0 Å². The van der Waals surface area contributed by atoms with E-state index in [9.17, 15) is 13.2 Å². The second-order valence-corrected chi connectivity index (χ2v) is 10.8. The Morgan fingerprint density at radius 2 is 1.65 bits per heavy atom. The minimum absolute atomic E-state index is 0.0901. The highest BCUT2D eigenvalue weighted by atomic mass is 35.5. The number of fused-ring (bicyclic) bond motifs is 1. The molecule has 7 heteroatoms. The van der Waals surface area contributed by atoms with E-state index in [1.54, 1.807) is 59.2 Å². The standard InChI is InChI=1S/C27H26ClNO4S/c1-4-33-22-11-14-25-24(15-22)27(30)26(17-29(25)16-19-5-9-21(28)10-6-19)34(31,32)23-12-7-20(8-13-23)18(2)3/h5-15,17-18H,4,16H2,1-3H3. The molecule has 176 valence electrons. The van der Waals surface area contributed by atoms with Crippen LogP contribution in [0.5, 0.6) is 5.75 Å². The average Bonchev–Trinajstić information content (AvgIpc) is 2.82. The summed E-state index contributed by atoms with van der Waals surface area (Å²) in [5.41, 5.74) is 2.03. The third-order valence-corrected chi connectivity index (χ3v) is 7.76. The van der Waals surface area contributed by atoms with Crippen LogP contribution in [0.15, 0.2) is 87.5 Å². The summed E-state index contributed by atoms with van der Waals surface area (Å²) in [6, 6.07) is 19.2. The highest BCUT2D eigenvalue weighted by molar-refractivity contribution is 7.91. The molecule has 0 radical (unpaired) electrons. The Balaban J connectivity index is 1.92. The molecule has 0 unspecified atom stereocenters. The first-order chi connectivity index (χ1) is 16.2. The lowest BCUT2D eigenvalue weighted by molar-refractivity contribution is 0.340. The molecule has 1 aromatic heterocycles. The van der Waals surface area contributed by atoms with Crippen molar-refractivity contribution in [1.82, 2.24) is 4.57 Å². The van der Waals surface area contributed by atoms with E-state index in [1.165, 1.54) is 6.20 Å². The van der Waals surface area contributed by atoms with Crippen molar-refractivity contribution in [3.8, 4) is 5.75 Å². The summed E-state index contributed by atoms with van der Waals surface area (Å²) in [6.45, 7) is 6.74. The molecule has 5 nitrogen and oxygen atoms in total. The number of aromatic nitrogens is 1. The van der Waals surface area contributed by atoms with Crippen molar-refractivity contribution in [2.75, 3.05) is 6.61 Å². The predicted octanol–water partition coefficient (Wildman–Crippen LogP) is 6.06. The summed E-state index contributed by atoms with van der Waals surface area (Å²) in [7, 11) is -4.05. The normalized spacial score (nSPS) is 11.8. The highest BCUT2D eigenvalue weighted by Crippen LogP contribution is 2.26. The Bertz CT molecular complexity index is 1490. The molecule has 4 aromatic rings. The van der Waals surface area contributed by atoms with Crippen LogP contribution in [0.3, 0.4) is 0 Å². The molecule has 0 saturated heterocycles. The number of rotatable bonds is 7. The zero-order valence-electron chi connectivity index (χ0n) is 19.3. The molecule has 0 aliphatic heterocycles. The number of pyridine rings is 1. The van der Waals surface area contributed by atoms with E-state index >= 15 is 0 Å². The van der Waals surface area contributed by atoms with Gasteiger partial charge in [-0.1, -0.05) is 49.7 Å². The Labute approximate surface area is 204 Å². The first kappa shape index (κ1) is 24.0. The molecule has 1 heterocycles. The van der Waals surface area contributed by atoms with Crippen LogP contribution >= 0.6 is 11.6 Å². The maximum Gasteiger partial charge on any atom is 0.211 e. The molecule has 0 bridgehead atoms. The maximum atomic E-state index is 13.6. The van der Waals surface area contributed by atoms with Gasteiger partial charge in [0.25, 0.3) is 0 Å². The van der Waals surface area contributed by atoms with Crippen LogP contribution in [0, 0.1) is 0 Å². The van der Waals surface area contributed by atoms with Gasteiger partial charge in [0, 0.05) is 17.8 Å². The van der Waals surface area contributed by atoms with Gasteiger partial charge in [0.2, 0.25) is 15.3 Å². The molecule has 0 aliphatic rings. The Hall–Kier alpha value is -3.09. The van der Waals surface area contributed by atoms with Gasteiger partial charge in [-0.25, -0.2) is 8.42 Å². The summed E-state index contributed by atoms with van der Waals surface area (Å²) in [4.78, 5) is 13.3. The van der Waals surface area contributed by atoms with E-state index in [1.807, 2.05) is 32.9 Å². The number of hydrogen-bond donors (Lipinski definition) is 0. The number of hydrogen-bond acceptors (Lipinski definition) is 4. The fourth-order valence-electron chi connectivity index (χ4n) is 3.87. The third-order valence-electron chi connectivity index (χ3n) is 5.74. The average molecular weight is 496 g/mol. The number of benzene rings is 3. The van der Waals surface area contributed by atoms with E-state index in [0.29, 0.717) is 34.8 Å². The first-order valence-electron chi connectivity index (χ1n) is 11.1. The lowest BCUT2D eigenvalue weighted by Crippen LogP contribution is -2.20. The summed E-state index contributed by atoms with van der Waals surface area (Å²) >= 11 is 6.02. The lowest BCUT2D eigenvalue weighted by atomic mass is 10.0. The van der Waals surface area contributed by atoms with Crippen molar-refractivity contribution in [3.05, 3.63) is 99.3 Å². The Kier molecular flexibility index (Phi) is 6.82. The minimum Gasteiger partial charge on any atom is -0.494 e. The van der Waals surface area contributed by atoms with E-state index in [-0.39, 0.29) is 15.7 Å². The molecule has 0 fully saturated rings. The smallest absolute Gasteiger partial charge is 0.211 e. The van der Waals surface area contributed by atoms with Crippen LogP contribution in [0.1, 0.15) is 37.8 Å². The SMILES string of the molecule is CCOc1ccc2c(c1)c(=O)c(S(=O)(=O)c1ccc(C(C)C)cc1)cn2Cc1ccc(Cl)cc1. The van der Waals surface area contributed by atoms with E-state index in [4.69, 9.17) is 16.3 Å². The molecule has 0 aliphatic carbocycles. The zero-order chi connectivity index (χ0) is 24.5. The van der Waals surface area contributed by atoms with Gasteiger partial charge < -0.3 is 9.30 Å². The second kappa shape index (κ2) is 9.65. The second-order valence-electron chi connectivity index (χ2n) is 8.42. The molecular formula is C27H26ClNO4S. The topological polar surface area (TPSA) is 65.4 Å². The fraction of sp³-hybridized carbons (Fsp3) is 0.222. The fourth-order valence-corrected chi connectivity index (χ4v) is 5.37. The van der Waals surface area contributed by atoms with Gasteiger partial charge in [-0.15, -0.1) is 0 Å². The summed E-state index contributed by atoms with van der Waals surface area (Å²) in [6.07, 6.45) is 1.44. The van der Waals surface area contributed by atoms with Gasteiger partial charge in [0.05, 0.1) is 22.4 Å². The van der Waals surface area contributed by atoms with Crippen LogP contribution in [0.4, 0.5) is 0 Å². The van der Waals surface area contributed by atoms with Crippen molar-refractivity contribution in [2.24, 2.45) is 0 Å². The minimum atomic E-state index is -4.05. The molecule has 34 heavy (non-hydrogen) atoms. The lowest BCUT2D eigenvalue weighted by Gasteiger charge is -2.15. The monoisotopic (exact) mass is 495 g/mol. The van der Waals surface area contributed by atoms with E-state index in [0.717, 1.165) is 11.1 Å². The van der Waals surface area contributed by atoms with Crippen LogP contribution < -0.4 is 10.2 Å². The zero-order valence-corrected chi connectivity index (χ0v) is 20.9. The predicted molar refractivity (Wildman–Crippen MR) is 136 cm³/mol. The highest BCUT2D eigenvalue weighted by Gasteiger charge is 2.24. The van der Waals surface area contributed by atoms with Gasteiger partial charge in [-0.3, -0.25) is 4.79 Å². The van der Waals surface area contributed by atoms with Crippen LogP contribution in [-0.2, 0) is 16.4 Å². The van der Waals surface area contributed by atoms with Crippen molar-refractivity contribution in [1.29, 1.82) is 0 Å². The molecule has 0 atom stereocenters. The van der Waals surface area contributed by atoms with E-state index in [2.05, 4.69) is 0 Å². The molecule has 0 amide bonds. The molecule has 0 saturated carbocycles. The number of halogens is 1. The molecule has 0 spiro atoms. The first-order valence-corrected chi connectivity index (χ1v) is 13.0. The summed E-state index contributed by atoms with van der Waals surface area (Å²) in [5.74, 6) is 0.784. The molecule has 3 aromatic carbocycles. The Morgan fingerprint density at radius 1 is 0.971 bits per heavy atom. The van der Waals surface area contributed by atoms with Gasteiger partial charge in [0.15, 0.2) is 0 Å². The summed E-state index contributed by atoms with van der Waals surface area (Å²) in [5, 5.41) is 0.905. The number of sulfone groups is 1. The molecular weight excluding hydrogens is 470 g/mol. The largest absolute Gasteiger partial charge is 0.494 e. The quantitative estimate of drug-likeness (QED) is 0.312. The van der Waals surface area contributed by atoms with Crippen LogP contribution in [0.25, 0.3) is 10.9 Å². The van der Waals surface area contributed by atoms with Crippen molar-refractivity contribution >= 4 is 32.3 Å². The van der Waals surface area contributed by atoms with E-state index < -0.39 is 15.3 Å². The van der Waals surface area contributed by atoms with Gasteiger partial charge in [-0.05, 0) is 66.4 Å². The maximum absolute atomic E-state index is 13.6. The molecule has 0 N–H and O–H groups in total. The van der Waals surface area contributed by atoms with Gasteiger partial charge >= 0.3 is 0 Å². The van der Waals surface area contributed by atoms with Gasteiger partial charge in [0.1, 0.15) is 10.6 Å². The van der Waals surface area contributed by atoms with Crippen LogP contribution in [-0.4, -0.2) is 19.6 Å². The van der Waals surface area contributed by atoms with Crippen LogP contribution in [0.2, 0.25) is 5.02 Å². The number of ether oxygens (including phenoxy) is 1. The third kappa shape index (κ3) is 4.74. The van der Waals surface area contributed by atoms with Crippen molar-refractivity contribution < 1.29 is 13.2 Å².